The molecule has 0 amide bonds. The van der Waals surface area contributed by atoms with Crippen molar-refractivity contribution in [2.24, 2.45) is 5.14 Å². The molecule has 1 aromatic rings. The summed E-state index contributed by atoms with van der Waals surface area (Å²) >= 11 is 0. The van der Waals surface area contributed by atoms with Gasteiger partial charge in [0.15, 0.2) is 0 Å². The molecule has 2 heterocycles. The summed E-state index contributed by atoms with van der Waals surface area (Å²) in [6, 6.07) is 8.98. The van der Waals surface area contributed by atoms with E-state index in [0.717, 1.165) is 0 Å². The van der Waals surface area contributed by atoms with Crippen molar-refractivity contribution in [2.45, 2.75) is 29.8 Å². The van der Waals surface area contributed by atoms with E-state index in [4.69, 9.17) is 10.4 Å². The molecule has 9 heteroatoms. The minimum atomic E-state index is -3.90. The number of sulfonamides is 1. The monoisotopic (exact) mass is 332 g/mol. The molecular formula is C14H16N6O2S. The fraction of sp³-hybridized carbons (Fsp3) is 0.429. The first kappa shape index (κ1) is 15.6. The van der Waals surface area contributed by atoms with Crippen LogP contribution in [0.25, 0.3) is 0 Å². The van der Waals surface area contributed by atoms with E-state index in [1.807, 2.05) is 0 Å². The minimum absolute atomic E-state index is 0.0177. The average molecular weight is 332 g/mol. The first-order chi connectivity index (χ1) is 10.6. The third-order valence-electron chi connectivity index (χ3n) is 4.22. The van der Waals surface area contributed by atoms with Gasteiger partial charge in [-0.3, -0.25) is 0 Å². The summed E-state index contributed by atoms with van der Waals surface area (Å²) in [5.41, 5.74) is 2.82. The van der Waals surface area contributed by atoms with E-state index in [-0.39, 0.29) is 4.90 Å². The smallest absolute Gasteiger partial charge is 0.240 e. The van der Waals surface area contributed by atoms with Crippen LogP contribution in [0.5, 0.6) is 0 Å². The normalized spacial score (nSPS) is 31.9. The second-order valence-corrected chi connectivity index (χ2v) is 7.81. The van der Waals surface area contributed by atoms with Gasteiger partial charge in [0.05, 0.1) is 36.6 Å². The Hall–Kier alpha value is -2.33. The lowest BCUT2D eigenvalue weighted by molar-refractivity contribution is 0.565. The number of benzene rings is 1. The number of anilines is 2. The topological polar surface area (TPSA) is 126 Å². The van der Waals surface area contributed by atoms with E-state index >= 15 is 0 Å². The van der Waals surface area contributed by atoms with E-state index < -0.39 is 21.1 Å². The maximum atomic E-state index is 11.8. The van der Waals surface area contributed by atoms with Gasteiger partial charge in [-0.25, -0.2) is 13.6 Å². The van der Waals surface area contributed by atoms with Crippen LogP contribution in [0.15, 0.2) is 23.1 Å². The largest absolute Gasteiger partial charge is 0.347 e. The van der Waals surface area contributed by atoms with Crippen LogP contribution in [0, 0.1) is 22.7 Å². The summed E-state index contributed by atoms with van der Waals surface area (Å²) in [4.78, 5) is 1.67. The molecule has 3 N–H and O–H groups in total. The molecule has 8 nitrogen and oxygen atoms in total. The van der Waals surface area contributed by atoms with Crippen molar-refractivity contribution in [2.75, 3.05) is 23.4 Å². The SMILES string of the molecule is CC1(C#N)CN1Nc1ccc(S(N)(=O)=O)c(N2CC2(C)C#N)c1. The van der Waals surface area contributed by atoms with Gasteiger partial charge in [-0.2, -0.15) is 15.5 Å². The maximum absolute atomic E-state index is 11.8. The van der Waals surface area contributed by atoms with E-state index in [9.17, 15) is 13.7 Å². The quantitative estimate of drug-likeness (QED) is 0.762. The zero-order chi connectivity index (χ0) is 17.0. The number of nitrogens with zero attached hydrogens (tertiary/aromatic N) is 4. The molecule has 2 aliphatic rings. The third-order valence-corrected chi connectivity index (χ3v) is 5.18. The van der Waals surface area contributed by atoms with Crippen molar-refractivity contribution in [3.8, 4) is 12.1 Å². The van der Waals surface area contributed by atoms with Crippen molar-refractivity contribution in [1.29, 1.82) is 10.5 Å². The summed E-state index contributed by atoms with van der Waals surface area (Å²) in [5, 5.41) is 25.2. The Morgan fingerprint density at radius 2 is 1.87 bits per heavy atom. The molecule has 3 atom stereocenters. The number of nitrogens with one attached hydrogen (secondary N) is 1. The van der Waals surface area contributed by atoms with Gasteiger partial charge >= 0.3 is 0 Å². The molecule has 2 aliphatic heterocycles. The van der Waals surface area contributed by atoms with Crippen LogP contribution in [0.4, 0.5) is 11.4 Å². The molecule has 0 spiro atoms. The van der Waals surface area contributed by atoms with Crippen LogP contribution >= 0.6 is 0 Å². The number of primary sulfonamides is 1. The maximum Gasteiger partial charge on any atom is 0.240 e. The van der Waals surface area contributed by atoms with Gasteiger partial charge in [0, 0.05) is 0 Å². The van der Waals surface area contributed by atoms with Crippen molar-refractivity contribution in [1.82, 2.24) is 5.01 Å². The van der Waals surface area contributed by atoms with Crippen LogP contribution in [0.2, 0.25) is 0 Å². The molecule has 0 aliphatic carbocycles. The molecular weight excluding hydrogens is 316 g/mol. The fourth-order valence-electron chi connectivity index (χ4n) is 2.44. The van der Waals surface area contributed by atoms with Gasteiger partial charge in [0.2, 0.25) is 10.0 Å². The second-order valence-electron chi connectivity index (χ2n) is 6.28. The van der Waals surface area contributed by atoms with E-state index in [1.54, 1.807) is 35.9 Å². The molecule has 3 unspecified atom stereocenters. The Balaban J connectivity index is 1.94. The highest BCUT2D eigenvalue weighted by Crippen LogP contribution is 2.42. The predicted octanol–water partition coefficient (Wildman–Crippen LogP) is 0.361. The Morgan fingerprint density at radius 1 is 1.22 bits per heavy atom. The lowest BCUT2D eigenvalue weighted by Crippen LogP contribution is -2.20. The van der Waals surface area contributed by atoms with Crippen molar-refractivity contribution in [3.63, 3.8) is 0 Å². The third kappa shape index (κ3) is 2.59. The van der Waals surface area contributed by atoms with Gasteiger partial charge in [-0.1, -0.05) is 0 Å². The van der Waals surface area contributed by atoms with Gasteiger partial charge in [0.1, 0.15) is 16.0 Å². The molecule has 0 aromatic heterocycles. The second kappa shape index (κ2) is 4.59. The molecule has 120 valence electrons. The van der Waals surface area contributed by atoms with Crippen LogP contribution in [0.1, 0.15) is 13.8 Å². The molecule has 0 saturated carbocycles. The number of nitriles is 2. The zero-order valence-electron chi connectivity index (χ0n) is 12.7. The molecule has 2 fully saturated rings. The number of hydrogen-bond donors (Lipinski definition) is 2. The Kier molecular flexibility index (Phi) is 3.10. The van der Waals surface area contributed by atoms with Crippen LogP contribution in [-0.4, -0.2) is 37.6 Å². The van der Waals surface area contributed by atoms with Gasteiger partial charge < -0.3 is 10.3 Å². The minimum Gasteiger partial charge on any atom is -0.347 e. The summed E-state index contributed by atoms with van der Waals surface area (Å²) in [5.74, 6) is 0. The summed E-state index contributed by atoms with van der Waals surface area (Å²) in [6.45, 7) is 4.55. The number of hydrazine groups is 1. The molecule has 1 aromatic carbocycles. The Bertz CT molecular complexity index is 870. The van der Waals surface area contributed by atoms with Crippen molar-refractivity contribution in [3.05, 3.63) is 18.2 Å². The summed E-state index contributed by atoms with van der Waals surface area (Å²) in [7, 11) is -3.90. The van der Waals surface area contributed by atoms with Crippen molar-refractivity contribution >= 4 is 21.4 Å². The highest BCUT2D eigenvalue weighted by atomic mass is 32.2. The van der Waals surface area contributed by atoms with Gasteiger partial charge in [-0.15, -0.1) is 0 Å². The molecule has 2 saturated heterocycles. The van der Waals surface area contributed by atoms with Crippen LogP contribution in [-0.2, 0) is 10.0 Å². The molecule has 0 bridgehead atoms. The lowest BCUT2D eigenvalue weighted by Gasteiger charge is -2.15. The first-order valence-corrected chi connectivity index (χ1v) is 8.49. The van der Waals surface area contributed by atoms with E-state index in [0.29, 0.717) is 24.5 Å². The van der Waals surface area contributed by atoms with E-state index in [2.05, 4.69) is 17.6 Å². The molecule has 0 radical (unpaired) electrons. The van der Waals surface area contributed by atoms with Gasteiger partial charge in [-0.05, 0) is 32.0 Å². The average Bonchev–Trinajstić information content (AvgIpc) is 3.35. The lowest BCUT2D eigenvalue weighted by atomic mass is 10.2. The Morgan fingerprint density at radius 3 is 2.35 bits per heavy atom. The standard InChI is InChI=1S/C14H16N6O2S/c1-13(6-15)8-19(13)11-5-10(3-4-12(11)23(17,21)22)18-20-9-14(20,2)7-16/h3-5,18H,8-9H2,1-2H3,(H2,17,21,22). The Labute approximate surface area is 134 Å². The van der Waals surface area contributed by atoms with Crippen LogP contribution in [0.3, 0.4) is 0 Å². The first-order valence-electron chi connectivity index (χ1n) is 6.94. The number of hydrogen-bond acceptors (Lipinski definition) is 7. The van der Waals surface area contributed by atoms with Gasteiger partial charge in [0.25, 0.3) is 0 Å². The van der Waals surface area contributed by atoms with Crippen LogP contribution < -0.4 is 15.5 Å². The summed E-state index contributed by atoms with van der Waals surface area (Å²) in [6.07, 6.45) is 0. The summed E-state index contributed by atoms with van der Waals surface area (Å²) < 4.78 is 23.5. The fourth-order valence-corrected chi connectivity index (χ4v) is 3.16. The molecule has 3 rings (SSSR count). The van der Waals surface area contributed by atoms with Crippen molar-refractivity contribution < 1.29 is 8.42 Å². The highest BCUT2D eigenvalue weighted by Gasteiger charge is 2.51. The molecule has 23 heavy (non-hydrogen) atoms. The number of rotatable bonds is 4. The highest BCUT2D eigenvalue weighted by molar-refractivity contribution is 7.89. The zero-order valence-corrected chi connectivity index (χ0v) is 13.6. The van der Waals surface area contributed by atoms with E-state index in [1.165, 1.54) is 6.07 Å². The predicted molar refractivity (Wildman–Crippen MR) is 83.5 cm³/mol. The number of nitrogens with two attached hydrogens (primary N) is 1.